The summed E-state index contributed by atoms with van der Waals surface area (Å²) in [4.78, 5) is 26.6. The van der Waals surface area contributed by atoms with Gasteiger partial charge in [0.05, 0.1) is 22.7 Å². The first-order valence-corrected chi connectivity index (χ1v) is 13.9. The monoisotopic (exact) mass is 495 g/mol. The van der Waals surface area contributed by atoms with Crippen LogP contribution < -0.4 is 10.0 Å². The summed E-state index contributed by atoms with van der Waals surface area (Å²) in [7, 11) is -7.07. The maximum atomic E-state index is 12.6. The molecule has 33 heavy (non-hydrogen) atoms. The maximum absolute atomic E-state index is 12.6. The number of hydrogen-bond donors (Lipinski definition) is 2. The van der Waals surface area contributed by atoms with Crippen LogP contribution in [-0.2, 0) is 24.7 Å². The lowest BCUT2D eigenvalue weighted by Crippen LogP contribution is -2.41. The minimum absolute atomic E-state index is 0.00505. The second kappa shape index (κ2) is 9.27. The first-order valence-electron chi connectivity index (χ1n) is 10.6. The fourth-order valence-electron chi connectivity index (χ4n) is 4.04. The molecule has 2 aliphatic heterocycles. The Morgan fingerprint density at radius 3 is 2.30 bits per heavy atom. The molecule has 2 amide bonds. The Labute approximate surface area is 192 Å². The van der Waals surface area contributed by atoms with Crippen molar-refractivity contribution in [3.8, 4) is 0 Å². The molecule has 1 aromatic heterocycles. The molecule has 2 aliphatic rings. The molecule has 0 saturated carbocycles. The summed E-state index contributed by atoms with van der Waals surface area (Å²) in [5.74, 6) is -0.602. The van der Waals surface area contributed by atoms with E-state index in [1.165, 1.54) is 30.5 Å². The molecule has 0 unspecified atom stereocenters. The number of amides is 2. The number of likely N-dealkylation sites (tertiary alicyclic amines) is 1. The van der Waals surface area contributed by atoms with Gasteiger partial charge in [-0.2, -0.15) is 0 Å². The van der Waals surface area contributed by atoms with Crippen LogP contribution in [0.1, 0.15) is 29.8 Å². The van der Waals surface area contributed by atoms with E-state index < -0.39 is 25.9 Å². The Morgan fingerprint density at radius 2 is 1.73 bits per heavy atom. The number of sulfonamides is 1. The molecule has 2 aromatic rings. The van der Waals surface area contributed by atoms with Crippen LogP contribution >= 0.6 is 0 Å². The normalized spacial score (nSPS) is 21.1. The van der Waals surface area contributed by atoms with Gasteiger partial charge in [-0.05, 0) is 55.7 Å². The van der Waals surface area contributed by atoms with Crippen molar-refractivity contribution in [1.82, 2.24) is 9.62 Å². The molecule has 3 heterocycles. The van der Waals surface area contributed by atoms with Crippen molar-refractivity contribution in [2.24, 2.45) is 5.92 Å². The minimum Gasteiger partial charge on any atom is -0.459 e. The third-order valence-electron chi connectivity index (χ3n) is 5.87. The van der Waals surface area contributed by atoms with Gasteiger partial charge in [0, 0.05) is 30.7 Å². The predicted octanol–water partition coefficient (Wildman–Crippen LogP) is 1.24. The number of carbonyl (C=O) groups excluding carboxylic acids is 2. The van der Waals surface area contributed by atoms with Gasteiger partial charge in [-0.1, -0.05) is 0 Å². The van der Waals surface area contributed by atoms with Crippen LogP contribution in [0.25, 0.3) is 0 Å². The average molecular weight is 496 g/mol. The fraction of sp³-hybridized carbons (Fsp3) is 0.429. The third kappa shape index (κ3) is 5.63. The van der Waals surface area contributed by atoms with Crippen molar-refractivity contribution in [3.63, 3.8) is 0 Å². The van der Waals surface area contributed by atoms with Gasteiger partial charge in [0.25, 0.3) is 5.91 Å². The quantitative estimate of drug-likeness (QED) is 0.614. The van der Waals surface area contributed by atoms with Gasteiger partial charge in [-0.25, -0.2) is 21.6 Å². The van der Waals surface area contributed by atoms with E-state index in [0.29, 0.717) is 31.6 Å². The molecular weight excluding hydrogens is 470 g/mol. The molecule has 1 aromatic carbocycles. The highest BCUT2D eigenvalue weighted by atomic mass is 32.2. The third-order valence-corrected chi connectivity index (χ3v) is 9.18. The van der Waals surface area contributed by atoms with Gasteiger partial charge >= 0.3 is 0 Å². The average Bonchev–Trinajstić information content (AvgIpc) is 3.43. The SMILES string of the molecule is O=C(Nc1ccc(S(=O)(=O)N[C@H]2CCS(=O)(=O)C2)cc1)C1CCN(C(=O)c2ccco2)CC1. The van der Waals surface area contributed by atoms with Crippen molar-refractivity contribution in [2.45, 2.75) is 30.2 Å². The number of nitrogens with one attached hydrogen (secondary N) is 2. The predicted molar refractivity (Wildman–Crippen MR) is 120 cm³/mol. The molecule has 1 atom stereocenters. The van der Waals surface area contributed by atoms with Crippen molar-refractivity contribution in [3.05, 3.63) is 48.4 Å². The number of benzene rings is 1. The Kier molecular flexibility index (Phi) is 6.59. The Balaban J connectivity index is 1.30. The van der Waals surface area contributed by atoms with Crippen LogP contribution in [0.5, 0.6) is 0 Å². The molecule has 12 heteroatoms. The summed E-state index contributed by atoms with van der Waals surface area (Å²) in [6, 6.07) is 8.35. The zero-order valence-corrected chi connectivity index (χ0v) is 19.4. The van der Waals surface area contributed by atoms with Gasteiger partial charge in [-0.15, -0.1) is 0 Å². The lowest BCUT2D eigenvalue weighted by Gasteiger charge is -2.30. The van der Waals surface area contributed by atoms with Gasteiger partial charge in [0.1, 0.15) is 0 Å². The van der Waals surface area contributed by atoms with E-state index in [0.717, 1.165) is 0 Å². The zero-order valence-electron chi connectivity index (χ0n) is 17.8. The molecule has 0 aliphatic carbocycles. The van der Waals surface area contributed by atoms with Crippen LogP contribution in [0, 0.1) is 5.92 Å². The Morgan fingerprint density at radius 1 is 1.03 bits per heavy atom. The van der Waals surface area contributed by atoms with Gasteiger partial charge < -0.3 is 14.6 Å². The molecule has 0 radical (unpaired) electrons. The molecule has 4 rings (SSSR count). The number of hydrogen-bond acceptors (Lipinski definition) is 7. The highest BCUT2D eigenvalue weighted by molar-refractivity contribution is 7.92. The van der Waals surface area contributed by atoms with Crippen molar-refractivity contribution >= 4 is 37.4 Å². The number of rotatable bonds is 6. The topological polar surface area (TPSA) is 143 Å². The van der Waals surface area contributed by atoms with E-state index in [2.05, 4.69) is 10.0 Å². The summed E-state index contributed by atoms with van der Waals surface area (Å²) >= 11 is 0. The second-order valence-electron chi connectivity index (χ2n) is 8.28. The van der Waals surface area contributed by atoms with Gasteiger partial charge in [-0.3, -0.25) is 9.59 Å². The van der Waals surface area contributed by atoms with Gasteiger partial charge in [0.2, 0.25) is 15.9 Å². The molecule has 2 saturated heterocycles. The number of sulfone groups is 1. The Hall–Kier alpha value is -2.70. The van der Waals surface area contributed by atoms with E-state index in [4.69, 9.17) is 4.42 Å². The second-order valence-corrected chi connectivity index (χ2v) is 12.2. The van der Waals surface area contributed by atoms with Crippen molar-refractivity contribution < 1.29 is 30.8 Å². The highest BCUT2D eigenvalue weighted by Gasteiger charge is 2.32. The molecule has 0 spiro atoms. The lowest BCUT2D eigenvalue weighted by atomic mass is 9.95. The van der Waals surface area contributed by atoms with E-state index in [-0.39, 0.29) is 46.3 Å². The van der Waals surface area contributed by atoms with E-state index in [1.807, 2.05) is 0 Å². The smallest absolute Gasteiger partial charge is 0.289 e. The highest BCUT2D eigenvalue weighted by Crippen LogP contribution is 2.22. The summed E-state index contributed by atoms with van der Waals surface area (Å²) in [5.41, 5.74) is 0.455. The van der Waals surface area contributed by atoms with Crippen LogP contribution in [0.15, 0.2) is 52.0 Å². The largest absolute Gasteiger partial charge is 0.459 e. The number of furan rings is 1. The molecule has 0 bridgehead atoms. The van der Waals surface area contributed by atoms with Crippen molar-refractivity contribution in [1.29, 1.82) is 0 Å². The summed E-state index contributed by atoms with van der Waals surface area (Å²) in [6.07, 6.45) is 2.72. The minimum atomic E-state index is -3.86. The lowest BCUT2D eigenvalue weighted by molar-refractivity contribution is -0.121. The van der Waals surface area contributed by atoms with E-state index >= 15 is 0 Å². The molecular formula is C21H25N3O7S2. The molecule has 10 nitrogen and oxygen atoms in total. The number of nitrogens with zero attached hydrogens (tertiary/aromatic N) is 1. The van der Waals surface area contributed by atoms with Gasteiger partial charge in [0.15, 0.2) is 15.6 Å². The first kappa shape index (κ1) is 23.5. The number of carbonyl (C=O) groups is 2. The maximum Gasteiger partial charge on any atom is 0.289 e. The first-order chi connectivity index (χ1) is 15.6. The van der Waals surface area contributed by atoms with Crippen LogP contribution in [-0.4, -0.2) is 64.2 Å². The molecule has 2 fully saturated rings. The summed E-state index contributed by atoms with van der Waals surface area (Å²) in [5, 5.41) is 2.79. The van der Waals surface area contributed by atoms with Crippen LogP contribution in [0.4, 0.5) is 5.69 Å². The number of anilines is 1. The number of piperidine rings is 1. The fourth-order valence-corrected chi connectivity index (χ4v) is 7.09. The molecule has 2 N–H and O–H groups in total. The van der Waals surface area contributed by atoms with Crippen molar-refractivity contribution in [2.75, 3.05) is 29.9 Å². The zero-order chi connectivity index (χ0) is 23.6. The standard InChI is InChI=1S/C21H25N3O7S2/c25-20(15-7-10-24(11-8-15)21(26)19-2-1-12-31-19)22-16-3-5-18(6-4-16)33(29,30)23-17-9-13-32(27,28)14-17/h1-6,12,15,17,23H,7-11,13-14H2,(H,22,25)/t17-/m0/s1. The van der Waals surface area contributed by atoms with E-state index in [1.54, 1.807) is 17.0 Å². The summed E-state index contributed by atoms with van der Waals surface area (Å²) in [6.45, 7) is 0.884. The summed E-state index contributed by atoms with van der Waals surface area (Å²) < 4.78 is 55.7. The van der Waals surface area contributed by atoms with E-state index in [9.17, 15) is 26.4 Å². The van der Waals surface area contributed by atoms with Crippen LogP contribution in [0.3, 0.4) is 0 Å². The van der Waals surface area contributed by atoms with Crippen LogP contribution in [0.2, 0.25) is 0 Å². The molecule has 178 valence electrons. The Bertz CT molecular complexity index is 1220.